The van der Waals surface area contributed by atoms with Crippen molar-refractivity contribution in [3.63, 3.8) is 0 Å². The number of ether oxygens (including phenoxy) is 20. The Morgan fingerprint density at radius 3 is 0.375 bits per heavy atom. The third-order valence-electron chi connectivity index (χ3n) is 22.9. The topological polar surface area (TPSA) is 185 Å². The van der Waals surface area contributed by atoms with Gasteiger partial charge < -0.3 is 94.7 Å². The standard InChI is InChI=1S/C100H110O20/c1-66-81-86(101-56-71-36-16-6-17-37-71)91(106-61-76-46-26-11-27-47-76)96(111-66)117-82-67(2)113-98(93(108-63-78-50-30-13-31-51-78)87(82)102-57-72-38-18-7-19-39-72)119-84-69(4)115-100(95(110-65-80-54-34-15-35-55-80)89(84)104-59-74-42-22-9-23-43-74)120-85-70(5)114-99(94(109-64-79-52-32-14-33-53-79)90(85)105-60-75-44-24-10-25-45-75)118-83-68(3)112-97(116-81)92(107-62-77-48-28-12-29-49-77)88(83)103-58-73-40-20-8-21-41-73/h6-55,66-70,81-100H,56-65H2,1-5H3/t66-,67-,68-,69-,70-,81-,82-,83-,84-,85-,86+,87+,88+,89+,90+,91-,92+,93+,94+,95+,96-,97-,98-,99-,100-/m0/s1. The van der Waals surface area contributed by atoms with Gasteiger partial charge >= 0.3 is 0 Å². The summed E-state index contributed by atoms with van der Waals surface area (Å²) >= 11 is 0. The molecule has 10 bridgehead atoms. The molecule has 0 aliphatic carbocycles. The van der Waals surface area contributed by atoms with Gasteiger partial charge in [0, 0.05) is 0 Å². The van der Waals surface area contributed by atoms with Crippen molar-refractivity contribution >= 4 is 0 Å². The Kier molecular flexibility index (Phi) is 30.1. The van der Waals surface area contributed by atoms with Crippen LogP contribution in [0.15, 0.2) is 303 Å². The molecule has 10 aromatic carbocycles. The van der Waals surface area contributed by atoms with E-state index in [1.165, 1.54) is 0 Å². The smallest absolute Gasteiger partial charge is 0.187 e. The van der Waals surface area contributed by atoms with E-state index >= 15 is 0 Å². The molecule has 0 amide bonds. The summed E-state index contributed by atoms with van der Waals surface area (Å²) in [6, 6.07) is 100. The summed E-state index contributed by atoms with van der Waals surface area (Å²) in [4.78, 5) is 0. The molecule has 0 aromatic heterocycles. The van der Waals surface area contributed by atoms with Crippen LogP contribution in [0.25, 0.3) is 0 Å². The van der Waals surface area contributed by atoms with Crippen molar-refractivity contribution in [2.45, 2.75) is 254 Å². The van der Waals surface area contributed by atoms with E-state index in [1.807, 2.05) is 338 Å². The Morgan fingerprint density at radius 1 is 0.150 bits per heavy atom. The zero-order chi connectivity index (χ0) is 81.8. The molecule has 10 aromatic rings. The highest BCUT2D eigenvalue weighted by Crippen LogP contribution is 2.44. The predicted octanol–water partition coefficient (Wildman–Crippen LogP) is 16.5. The summed E-state index contributed by atoms with van der Waals surface area (Å²) in [7, 11) is 0. The maximum absolute atomic E-state index is 7.74. The summed E-state index contributed by atoms with van der Waals surface area (Å²) < 4.78 is 150. The van der Waals surface area contributed by atoms with Gasteiger partial charge in [-0.05, 0) is 90.3 Å². The summed E-state index contributed by atoms with van der Waals surface area (Å²) in [5.74, 6) is 0. The number of fused-ring (bicyclic) bond motifs is 4. The van der Waals surface area contributed by atoms with Gasteiger partial charge in [-0.3, -0.25) is 0 Å². The van der Waals surface area contributed by atoms with Crippen molar-refractivity contribution in [3.8, 4) is 0 Å². The van der Waals surface area contributed by atoms with Crippen molar-refractivity contribution in [2.75, 3.05) is 0 Å². The lowest BCUT2D eigenvalue weighted by Crippen LogP contribution is -2.67. The van der Waals surface area contributed by atoms with Gasteiger partial charge in [0.1, 0.15) is 91.6 Å². The number of hydrogen-bond acceptors (Lipinski definition) is 20. The van der Waals surface area contributed by atoms with Crippen LogP contribution in [0, 0.1) is 0 Å². The lowest BCUT2D eigenvalue weighted by molar-refractivity contribution is -0.396. The average Bonchev–Trinajstić information content (AvgIpc) is 0.876. The van der Waals surface area contributed by atoms with Crippen LogP contribution in [0.5, 0.6) is 0 Å². The quantitative estimate of drug-likeness (QED) is 0.0413. The first-order chi connectivity index (χ1) is 59.0. The second-order valence-electron chi connectivity index (χ2n) is 31.7. The predicted molar refractivity (Wildman–Crippen MR) is 446 cm³/mol. The summed E-state index contributed by atoms with van der Waals surface area (Å²) in [5.41, 5.74) is 9.01. The molecule has 0 spiro atoms. The summed E-state index contributed by atoms with van der Waals surface area (Å²) in [5, 5.41) is 0. The first-order valence-corrected chi connectivity index (χ1v) is 42.2. The van der Waals surface area contributed by atoms with E-state index in [2.05, 4.69) is 0 Å². The average molecular weight is 1630 g/mol. The first kappa shape index (κ1) is 85.0. The third-order valence-corrected chi connectivity index (χ3v) is 22.9. The maximum Gasteiger partial charge on any atom is 0.187 e. The van der Waals surface area contributed by atoms with Crippen molar-refractivity contribution in [1.82, 2.24) is 0 Å². The van der Waals surface area contributed by atoms with Crippen molar-refractivity contribution in [2.24, 2.45) is 0 Å². The number of rotatable bonds is 30. The molecule has 11 saturated heterocycles. The van der Waals surface area contributed by atoms with Crippen LogP contribution in [0.3, 0.4) is 0 Å². The molecular weight excluding hydrogens is 1520 g/mol. The second-order valence-corrected chi connectivity index (χ2v) is 31.7. The minimum atomic E-state index is -1.21. The number of benzene rings is 10. The van der Waals surface area contributed by atoms with Crippen LogP contribution in [-0.4, -0.2) is 154 Å². The van der Waals surface area contributed by atoms with Crippen LogP contribution in [-0.2, 0) is 161 Å². The van der Waals surface area contributed by atoms with Gasteiger partial charge in [-0.25, -0.2) is 0 Å². The molecule has 0 N–H and O–H groups in total. The lowest BCUT2D eigenvalue weighted by Gasteiger charge is -2.52. The maximum atomic E-state index is 7.74. The molecule has 21 rings (SSSR count). The normalized spacial score (nSPS) is 31.5. The molecule has 20 nitrogen and oxygen atoms in total. The van der Waals surface area contributed by atoms with Gasteiger partial charge in [0.25, 0.3) is 0 Å². The fraction of sp³-hybridized carbons (Fsp3) is 0.400. The van der Waals surface area contributed by atoms with E-state index in [-0.39, 0.29) is 66.1 Å². The highest BCUT2D eigenvalue weighted by Gasteiger charge is 2.60. The molecule has 0 unspecified atom stereocenters. The Bertz CT molecular complexity index is 3910. The minimum Gasteiger partial charge on any atom is -0.368 e. The van der Waals surface area contributed by atoms with Crippen molar-refractivity contribution in [3.05, 3.63) is 359 Å². The zero-order valence-electron chi connectivity index (χ0n) is 68.5. The Hall–Kier alpha value is -8.60. The molecule has 20 heteroatoms. The third kappa shape index (κ3) is 22.1. The molecule has 0 saturated carbocycles. The van der Waals surface area contributed by atoms with Crippen LogP contribution >= 0.6 is 0 Å². The molecule has 0 radical (unpaired) electrons. The van der Waals surface area contributed by atoms with Crippen LogP contribution in [0.2, 0.25) is 0 Å². The molecule has 11 aliphatic heterocycles. The molecule has 25 atom stereocenters. The van der Waals surface area contributed by atoms with E-state index in [0.717, 1.165) is 55.6 Å². The fourth-order valence-corrected chi connectivity index (χ4v) is 16.6. The molecule has 11 aliphatic rings. The van der Waals surface area contributed by atoms with E-state index in [4.69, 9.17) is 94.7 Å². The van der Waals surface area contributed by atoms with Crippen LogP contribution in [0.1, 0.15) is 90.3 Å². The lowest BCUT2D eigenvalue weighted by atomic mass is 9.95. The molecule has 11 heterocycles. The monoisotopic (exact) mass is 1630 g/mol. The highest BCUT2D eigenvalue weighted by molar-refractivity contribution is 5.22. The SMILES string of the molecule is C[C@@H]1O[C@H]2O[C@@H]3[C@@H](OCc4ccccc4)[C@@H](OCc4ccccc4)[C@H](O[C@@H]4[C@@H](OCc5ccccc5)[C@@H](OCc5ccccc5)[C@H](O[C@@H]5[C@@H](OCc6ccccc6)[C@@H](OCc6ccccc6)[C@H](O[C@@H]6[C@@H](OCc7ccccc7)[C@H](OCc7ccccc7)[C@H](O[C@@H]1[C@@H](OCc1ccccc1)[C@H]2OCc1ccccc1)O[C@H]6C)O[C@H]5C)O[C@H]4C)O[C@H]3C. The van der Waals surface area contributed by atoms with Gasteiger partial charge in [0.15, 0.2) is 31.5 Å². The molecule has 11 fully saturated rings. The van der Waals surface area contributed by atoms with Gasteiger partial charge in [0.2, 0.25) is 0 Å². The van der Waals surface area contributed by atoms with Gasteiger partial charge in [-0.15, -0.1) is 0 Å². The molecular formula is C100H110O20. The minimum absolute atomic E-state index is 0.118. The van der Waals surface area contributed by atoms with Gasteiger partial charge in [-0.2, -0.15) is 0 Å². The fourth-order valence-electron chi connectivity index (χ4n) is 16.6. The molecule has 120 heavy (non-hydrogen) atoms. The Labute approximate surface area is 704 Å². The van der Waals surface area contributed by atoms with Crippen molar-refractivity contribution in [1.29, 1.82) is 0 Å². The van der Waals surface area contributed by atoms with Gasteiger partial charge in [-0.1, -0.05) is 303 Å². The van der Waals surface area contributed by atoms with E-state index < -0.39 is 154 Å². The largest absolute Gasteiger partial charge is 0.368 e. The zero-order valence-corrected chi connectivity index (χ0v) is 68.5. The van der Waals surface area contributed by atoms with Gasteiger partial charge in [0.05, 0.1) is 96.6 Å². The highest BCUT2D eigenvalue weighted by atomic mass is 16.8. The number of hydrogen-bond donors (Lipinski definition) is 0. The van der Waals surface area contributed by atoms with Crippen molar-refractivity contribution < 1.29 is 94.7 Å². The summed E-state index contributed by atoms with van der Waals surface area (Å²) in [6.07, 6.45) is -25.2. The van der Waals surface area contributed by atoms with Crippen LogP contribution in [0.4, 0.5) is 0 Å². The first-order valence-electron chi connectivity index (χ1n) is 42.2. The Balaban J connectivity index is 0.878. The second kappa shape index (κ2) is 42.5. The Morgan fingerprint density at radius 2 is 0.258 bits per heavy atom. The summed E-state index contributed by atoms with van der Waals surface area (Å²) in [6.45, 7) is 11.0. The molecule has 630 valence electrons. The van der Waals surface area contributed by atoms with E-state index in [1.54, 1.807) is 0 Å². The van der Waals surface area contributed by atoms with E-state index in [9.17, 15) is 0 Å². The van der Waals surface area contributed by atoms with Crippen LogP contribution < -0.4 is 0 Å². The van der Waals surface area contributed by atoms with E-state index in [0.29, 0.717) is 0 Å².